The molecule has 2 unspecified atom stereocenters. The smallest absolute Gasteiger partial charge is 0.331 e. The van der Waals surface area contributed by atoms with Gasteiger partial charge in [0.2, 0.25) is 16.6 Å². The van der Waals surface area contributed by atoms with Crippen molar-refractivity contribution in [1.82, 2.24) is 0 Å². The first-order valence-electron chi connectivity index (χ1n) is 13.8. The topological polar surface area (TPSA) is 82.1 Å². The molecule has 0 spiro atoms. The molecule has 0 fully saturated rings. The van der Waals surface area contributed by atoms with Crippen LogP contribution in [-0.2, 0) is 22.6 Å². The highest BCUT2D eigenvalue weighted by atomic mass is 28.4. The lowest BCUT2D eigenvalue weighted by Crippen LogP contribution is -2.56. The van der Waals surface area contributed by atoms with Crippen LogP contribution in [0.15, 0.2) is 78.9 Å². The van der Waals surface area contributed by atoms with E-state index in [0.29, 0.717) is 18.2 Å². The maximum absolute atomic E-state index is 11.3. The van der Waals surface area contributed by atoms with Gasteiger partial charge in [-0.05, 0) is 81.2 Å². The zero-order valence-electron chi connectivity index (χ0n) is 25.5. The third kappa shape index (κ3) is 14.3. The van der Waals surface area contributed by atoms with Crippen LogP contribution < -0.4 is 5.19 Å². The molecule has 0 radical (unpaired) electrons. The third-order valence-electron chi connectivity index (χ3n) is 6.08. The van der Waals surface area contributed by atoms with E-state index in [1.54, 1.807) is 6.08 Å². The average Bonchev–Trinajstić information content (AvgIpc) is 2.89. The first-order valence-corrected chi connectivity index (χ1v) is 25.4. The highest BCUT2D eigenvalue weighted by Gasteiger charge is 2.37. The van der Waals surface area contributed by atoms with E-state index >= 15 is 0 Å². The zero-order valence-corrected chi connectivity index (χ0v) is 29.7. The van der Waals surface area contributed by atoms with Crippen LogP contribution in [0.4, 0.5) is 0 Å². The maximum Gasteiger partial charge on any atom is 0.331 e. The molecule has 0 saturated carbocycles. The fourth-order valence-corrected chi connectivity index (χ4v) is 18.1. The van der Waals surface area contributed by atoms with Gasteiger partial charge in [0, 0.05) is 11.6 Å². The van der Waals surface area contributed by atoms with E-state index in [0.717, 1.165) is 17.7 Å². The number of hydrogen-bond acceptors (Lipinski definition) is 5. The molecular formula is C30H48O6Si4. The molecule has 0 aliphatic rings. The minimum Gasteiger partial charge on any atom is -0.478 e. The maximum atomic E-state index is 11.3. The third-order valence-corrected chi connectivity index (χ3v) is 19.4. The molecule has 2 atom stereocenters. The van der Waals surface area contributed by atoms with Crippen molar-refractivity contribution >= 4 is 57.2 Å². The Morgan fingerprint density at radius 2 is 1.50 bits per heavy atom. The molecule has 0 bridgehead atoms. The summed E-state index contributed by atoms with van der Waals surface area (Å²) in [6.45, 7) is 20.7. The van der Waals surface area contributed by atoms with E-state index in [4.69, 9.17) is 13.0 Å². The number of esters is 1. The van der Waals surface area contributed by atoms with Gasteiger partial charge in [-0.2, -0.15) is 0 Å². The lowest BCUT2D eigenvalue weighted by Gasteiger charge is -2.35. The van der Waals surface area contributed by atoms with Crippen molar-refractivity contribution in [2.45, 2.75) is 71.3 Å². The fraction of sp³-hybridized carbons (Fsp3) is 0.400. The van der Waals surface area contributed by atoms with Gasteiger partial charge in [0.15, 0.2) is 17.4 Å². The molecule has 0 amide bonds. The molecule has 0 aliphatic heterocycles. The van der Waals surface area contributed by atoms with E-state index in [2.05, 4.69) is 71.5 Å². The van der Waals surface area contributed by atoms with Gasteiger partial charge in [-0.25, -0.2) is 9.59 Å². The molecule has 2 rings (SSSR count). The summed E-state index contributed by atoms with van der Waals surface area (Å²) in [6, 6.07) is 21.8. The lowest BCUT2D eigenvalue weighted by molar-refractivity contribution is -0.136. The summed E-state index contributed by atoms with van der Waals surface area (Å²) in [5.74, 6) is -1.21. The Morgan fingerprint density at radius 1 is 0.950 bits per heavy atom. The molecule has 0 saturated heterocycles. The Labute approximate surface area is 246 Å². The van der Waals surface area contributed by atoms with Gasteiger partial charge in [-0.1, -0.05) is 74.2 Å². The molecular weight excluding hydrogens is 569 g/mol. The molecule has 220 valence electrons. The van der Waals surface area contributed by atoms with Crippen molar-refractivity contribution in [3.8, 4) is 0 Å². The monoisotopic (exact) mass is 616 g/mol. The summed E-state index contributed by atoms with van der Waals surface area (Å²) in [5, 5.41) is 10.6. The Morgan fingerprint density at radius 3 is 1.98 bits per heavy atom. The van der Waals surface area contributed by atoms with Crippen molar-refractivity contribution in [2.75, 3.05) is 6.23 Å². The Bertz CT molecular complexity index is 1100. The van der Waals surface area contributed by atoms with E-state index in [1.165, 1.54) is 11.3 Å². The quantitative estimate of drug-likeness (QED) is 0.144. The van der Waals surface area contributed by atoms with Crippen LogP contribution in [0.5, 0.6) is 0 Å². The number of carboxylic acid groups (broad SMARTS) is 1. The number of hydrogen-bond donors (Lipinski definition) is 1. The lowest BCUT2D eigenvalue weighted by atomic mass is 10.1. The minimum absolute atomic E-state index is 0.368. The van der Waals surface area contributed by atoms with Gasteiger partial charge in [0.25, 0.3) is 0 Å². The summed E-state index contributed by atoms with van der Waals surface area (Å²) in [6.07, 6.45) is 3.91. The van der Waals surface area contributed by atoms with Crippen molar-refractivity contribution < 1.29 is 27.7 Å². The molecule has 0 aromatic heterocycles. The largest absolute Gasteiger partial charge is 0.478 e. The number of carboxylic acids is 1. The summed E-state index contributed by atoms with van der Waals surface area (Å²) >= 11 is 0. The van der Waals surface area contributed by atoms with E-state index in [-0.39, 0.29) is 5.97 Å². The Kier molecular flexibility index (Phi) is 15.0. The van der Waals surface area contributed by atoms with Crippen molar-refractivity contribution in [3.63, 3.8) is 0 Å². The summed E-state index contributed by atoms with van der Waals surface area (Å²) in [7, 11) is -6.80. The van der Waals surface area contributed by atoms with Gasteiger partial charge in [-0.3, -0.25) is 0 Å². The molecule has 2 aromatic rings. The number of ether oxygens (including phenoxy) is 1. The Hall–Kier alpha value is -2.35. The van der Waals surface area contributed by atoms with Gasteiger partial charge >= 0.3 is 11.9 Å². The SMILES string of the molecule is C=CC(=O)OC[Si](C)(C)O[Si](C)(CC)c1ccccc1.C[SiH](CCC(=Cc1ccccc1)C(=O)O)O[Si](C)(C)C. The minimum atomic E-state index is -2.05. The highest BCUT2D eigenvalue weighted by molar-refractivity contribution is 6.93. The normalized spacial score (nSPS) is 14.2. The van der Waals surface area contributed by atoms with Crippen LogP contribution in [0.3, 0.4) is 0 Å². The number of aliphatic carboxylic acids is 1. The zero-order chi connectivity index (χ0) is 30.4. The molecule has 1 N–H and O–H groups in total. The van der Waals surface area contributed by atoms with E-state index < -0.39 is 40.0 Å². The van der Waals surface area contributed by atoms with E-state index in [1.807, 2.05) is 48.5 Å². The standard InChI is InChI=1S/2C15H24O3Si2/c1-19(18-20(2,3)4)11-10-14(15(16)17)12-13-8-6-5-7-9-13;1-6-15(16)17-13-19(3,4)18-20(5,7-2)14-11-9-8-10-12-14/h5-9,12,19H,10-11H2,1-4H3,(H,16,17);6,8-12H,1,7,13H2,2-5H3. The second-order valence-corrected chi connectivity index (χ2v) is 27.3. The number of carbonyl (C=O) groups excluding carboxylic acids is 1. The molecule has 40 heavy (non-hydrogen) atoms. The Balaban J connectivity index is 0.000000400. The van der Waals surface area contributed by atoms with Crippen LogP contribution in [0.1, 0.15) is 18.9 Å². The fourth-order valence-electron chi connectivity index (χ4n) is 4.08. The van der Waals surface area contributed by atoms with Crippen molar-refractivity contribution in [3.05, 3.63) is 84.5 Å². The van der Waals surface area contributed by atoms with Crippen molar-refractivity contribution in [2.24, 2.45) is 0 Å². The number of rotatable bonds is 14. The molecule has 2 aromatic carbocycles. The molecule has 10 heteroatoms. The van der Waals surface area contributed by atoms with E-state index in [9.17, 15) is 14.7 Å². The van der Waals surface area contributed by atoms with Gasteiger partial charge in [-0.15, -0.1) is 0 Å². The van der Waals surface area contributed by atoms with Crippen LogP contribution in [0.25, 0.3) is 6.08 Å². The first-order chi connectivity index (χ1) is 18.6. The summed E-state index contributed by atoms with van der Waals surface area (Å²) in [5.41, 5.74) is 1.40. The van der Waals surface area contributed by atoms with Crippen LogP contribution in [-0.4, -0.2) is 57.3 Å². The molecule has 0 heterocycles. The first kappa shape index (κ1) is 35.7. The highest BCUT2D eigenvalue weighted by Crippen LogP contribution is 2.19. The van der Waals surface area contributed by atoms with Crippen LogP contribution in [0, 0.1) is 0 Å². The van der Waals surface area contributed by atoms with Gasteiger partial charge in [0.1, 0.15) is 6.23 Å². The molecule has 0 aliphatic carbocycles. The predicted molar refractivity (Wildman–Crippen MR) is 177 cm³/mol. The second-order valence-electron chi connectivity index (χ2n) is 11.6. The second kappa shape index (κ2) is 16.8. The number of carbonyl (C=O) groups is 2. The number of benzene rings is 2. The summed E-state index contributed by atoms with van der Waals surface area (Å²) in [4.78, 5) is 22.5. The van der Waals surface area contributed by atoms with Crippen LogP contribution in [0.2, 0.25) is 57.9 Å². The van der Waals surface area contributed by atoms with Gasteiger partial charge < -0.3 is 18.1 Å². The summed E-state index contributed by atoms with van der Waals surface area (Å²) < 4.78 is 17.8. The van der Waals surface area contributed by atoms with Crippen molar-refractivity contribution in [1.29, 1.82) is 0 Å². The predicted octanol–water partition coefficient (Wildman–Crippen LogP) is 6.73. The van der Waals surface area contributed by atoms with Crippen LogP contribution >= 0.6 is 0 Å². The van der Waals surface area contributed by atoms with Gasteiger partial charge in [0.05, 0.1) is 0 Å². The molecule has 6 nitrogen and oxygen atoms in total. The average molecular weight is 617 g/mol.